The van der Waals surface area contributed by atoms with Crippen LogP contribution in [0.25, 0.3) is 0 Å². The standard InChI is InChI=1S/C18H25NO6/c1-4-14-16(25-18(2,3)24-14)15(21)13(10-20)19-17(22)23-11-12-8-6-5-7-9-12/h4-9,13-16,20-21H,1,10-11H2,2-3H3,(H,19,22)/t13-,14+,15-,16+/m1/s1. The lowest BCUT2D eigenvalue weighted by atomic mass is 10.0. The molecule has 2 rings (SSSR count). The minimum atomic E-state index is -1.20. The summed E-state index contributed by atoms with van der Waals surface area (Å²) >= 11 is 0. The first kappa shape index (κ1) is 19.4. The van der Waals surface area contributed by atoms with Crippen LogP contribution in [-0.4, -0.2) is 53.1 Å². The largest absolute Gasteiger partial charge is 0.445 e. The number of nitrogens with one attached hydrogen (secondary N) is 1. The van der Waals surface area contributed by atoms with Crippen LogP contribution in [0.1, 0.15) is 19.4 Å². The van der Waals surface area contributed by atoms with Crippen LogP contribution in [0.5, 0.6) is 0 Å². The zero-order valence-corrected chi connectivity index (χ0v) is 14.4. The molecule has 1 aliphatic rings. The topological polar surface area (TPSA) is 97.3 Å². The smallest absolute Gasteiger partial charge is 0.407 e. The van der Waals surface area contributed by atoms with Gasteiger partial charge in [-0.1, -0.05) is 36.4 Å². The van der Waals surface area contributed by atoms with Crippen LogP contribution in [0.2, 0.25) is 0 Å². The average molecular weight is 351 g/mol. The summed E-state index contributed by atoms with van der Waals surface area (Å²) in [7, 11) is 0. The van der Waals surface area contributed by atoms with Gasteiger partial charge in [0.2, 0.25) is 0 Å². The average Bonchev–Trinajstić information content (AvgIpc) is 2.93. The molecule has 0 aliphatic carbocycles. The van der Waals surface area contributed by atoms with Gasteiger partial charge < -0.3 is 29.7 Å². The molecule has 25 heavy (non-hydrogen) atoms. The molecule has 0 bridgehead atoms. The van der Waals surface area contributed by atoms with Gasteiger partial charge in [-0.3, -0.25) is 0 Å². The maximum atomic E-state index is 11.9. The lowest BCUT2D eigenvalue weighted by molar-refractivity contribution is -0.156. The van der Waals surface area contributed by atoms with Gasteiger partial charge in [0.15, 0.2) is 5.79 Å². The highest BCUT2D eigenvalue weighted by Gasteiger charge is 2.45. The highest BCUT2D eigenvalue weighted by Crippen LogP contribution is 2.31. The molecule has 1 fully saturated rings. The van der Waals surface area contributed by atoms with E-state index in [-0.39, 0.29) is 6.61 Å². The summed E-state index contributed by atoms with van der Waals surface area (Å²) < 4.78 is 16.4. The molecule has 3 N–H and O–H groups in total. The Bertz CT molecular complexity index is 576. The molecule has 7 heteroatoms. The van der Waals surface area contributed by atoms with Crippen LogP contribution in [0.4, 0.5) is 4.79 Å². The molecule has 1 heterocycles. The molecule has 1 saturated heterocycles. The molecule has 0 unspecified atom stereocenters. The third kappa shape index (κ3) is 5.27. The summed E-state index contributed by atoms with van der Waals surface area (Å²) in [5.41, 5.74) is 0.833. The molecular weight excluding hydrogens is 326 g/mol. The zero-order chi connectivity index (χ0) is 18.4. The lowest BCUT2D eigenvalue weighted by Crippen LogP contribution is -2.53. The van der Waals surface area contributed by atoms with Gasteiger partial charge in [0.05, 0.1) is 12.6 Å². The summed E-state index contributed by atoms with van der Waals surface area (Å²) in [4.78, 5) is 11.9. The Kier molecular flexibility index (Phi) is 6.55. The van der Waals surface area contributed by atoms with Crippen LogP contribution >= 0.6 is 0 Å². The van der Waals surface area contributed by atoms with Gasteiger partial charge in [0, 0.05) is 0 Å². The molecule has 1 aromatic rings. The minimum absolute atomic E-state index is 0.0896. The van der Waals surface area contributed by atoms with E-state index in [4.69, 9.17) is 14.2 Å². The molecule has 0 radical (unpaired) electrons. The molecule has 1 amide bonds. The van der Waals surface area contributed by atoms with E-state index in [2.05, 4.69) is 11.9 Å². The van der Waals surface area contributed by atoms with Crippen LogP contribution in [0, 0.1) is 0 Å². The highest BCUT2D eigenvalue weighted by molar-refractivity contribution is 5.67. The van der Waals surface area contributed by atoms with Gasteiger partial charge in [-0.15, -0.1) is 6.58 Å². The van der Waals surface area contributed by atoms with Crippen LogP contribution in [0.15, 0.2) is 43.0 Å². The third-order valence-electron chi connectivity index (χ3n) is 3.86. The van der Waals surface area contributed by atoms with Gasteiger partial charge >= 0.3 is 6.09 Å². The fraction of sp³-hybridized carbons (Fsp3) is 0.500. The number of carbonyl (C=O) groups excluding carboxylic acids is 1. The van der Waals surface area contributed by atoms with Crippen molar-refractivity contribution in [3.63, 3.8) is 0 Å². The van der Waals surface area contributed by atoms with E-state index in [1.54, 1.807) is 13.8 Å². The first-order chi connectivity index (χ1) is 11.9. The fourth-order valence-corrected chi connectivity index (χ4v) is 2.65. The summed E-state index contributed by atoms with van der Waals surface area (Å²) in [6, 6.07) is 8.23. The predicted molar refractivity (Wildman–Crippen MR) is 90.7 cm³/mol. The molecule has 7 nitrogen and oxygen atoms in total. The summed E-state index contributed by atoms with van der Waals surface area (Å²) in [6.07, 6.45) is -1.74. The molecule has 0 saturated carbocycles. The second kappa shape index (κ2) is 8.44. The van der Waals surface area contributed by atoms with Gasteiger partial charge in [0.25, 0.3) is 0 Å². The van der Waals surface area contributed by atoms with Crippen molar-refractivity contribution >= 4 is 6.09 Å². The Morgan fingerprint density at radius 2 is 2.08 bits per heavy atom. The van der Waals surface area contributed by atoms with Crippen molar-refractivity contribution in [3.8, 4) is 0 Å². The van der Waals surface area contributed by atoms with Crippen molar-refractivity contribution in [2.75, 3.05) is 6.61 Å². The van der Waals surface area contributed by atoms with Gasteiger partial charge in [0.1, 0.15) is 24.9 Å². The molecule has 138 valence electrons. The van der Waals surface area contributed by atoms with E-state index in [1.165, 1.54) is 6.08 Å². The second-order valence-electron chi connectivity index (χ2n) is 6.29. The normalized spacial score (nSPS) is 24.3. The molecule has 1 aromatic carbocycles. The Labute approximate surface area is 147 Å². The Balaban J connectivity index is 1.92. The first-order valence-electron chi connectivity index (χ1n) is 8.10. The number of carbonyl (C=O) groups is 1. The van der Waals surface area contributed by atoms with Crippen LogP contribution < -0.4 is 5.32 Å². The number of benzene rings is 1. The summed E-state index contributed by atoms with van der Waals surface area (Å²) in [6.45, 7) is 6.70. The van der Waals surface area contributed by atoms with E-state index >= 15 is 0 Å². The van der Waals surface area contributed by atoms with Gasteiger partial charge in [-0.25, -0.2) is 4.79 Å². The highest BCUT2D eigenvalue weighted by atomic mass is 16.8. The van der Waals surface area contributed by atoms with Gasteiger partial charge in [-0.2, -0.15) is 0 Å². The number of hydrogen-bond acceptors (Lipinski definition) is 6. The van der Waals surface area contributed by atoms with Crippen LogP contribution in [-0.2, 0) is 20.8 Å². The number of aliphatic hydroxyl groups is 2. The quantitative estimate of drug-likeness (QED) is 0.642. The van der Waals surface area contributed by atoms with Crippen LogP contribution in [0.3, 0.4) is 0 Å². The number of hydrogen-bond donors (Lipinski definition) is 3. The van der Waals surface area contributed by atoms with Crippen molar-refractivity contribution in [2.45, 2.75) is 50.6 Å². The SMILES string of the molecule is C=C[C@@H]1OC(C)(C)O[C@@H]1[C@H](O)[C@@H](CO)NC(=O)OCc1ccccc1. The Hall–Kier alpha value is -1.93. The predicted octanol–water partition coefficient (Wildman–Crippen LogP) is 1.34. The van der Waals surface area contributed by atoms with E-state index in [1.807, 2.05) is 30.3 Å². The Morgan fingerprint density at radius 3 is 2.68 bits per heavy atom. The van der Waals surface area contributed by atoms with Crippen molar-refractivity contribution in [2.24, 2.45) is 0 Å². The molecule has 4 atom stereocenters. The summed E-state index contributed by atoms with van der Waals surface area (Å²) in [5.74, 6) is -0.891. The minimum Gasteiger partial charge on any atom is -0.445 e. The number of ether oxygens (including phenoxy) is 3. The number of alkyl carbamates (subject to hydrolysis) is 1. The number of aliphatic hydroxyl groups excluding tert-OH is 2. The molecular formula is C18H25NO6. The monoisotopic (exact) mass is 351 g/mol. The maximum Gasteiger partial charge on any atom is 0.407 e. The van der Waals surface area contributed by atoms with Gasteiger partial charge in [-0.05, 0) is 19.4 Å². The lowest BCUT2D eigenvalue weighted by Gasteiger charge is -2.28. The second-order valence-corrected chi connectivity index (χ2v) is 6.29. The fourth-order valence-electron chi connectivity index (χ4n) is 2.65. The molecule has 0 aromatic heterocycles. The van der Waals surface area contributed by atoms with Crippen molar-refractivity contribution in [3.05, 3.63) is 48.6 Å². The van der Waals surface area contributed by atoms with E-state index in [0.29, 0.717) is 0 Å². The van der Waals surface area contributed by atoms with E-state index in [9.17, 15) is 15.0 Å². The number of amides is 1. The maximum absolute atomic E-state index is 11.9. The molecule has 0 spiro atoms. The number of rotatable bonds is 7. The van der Waals surface area contributed by atoms with E-state index < -0.39 is 42.8 Å². The van der Waals surface area contributed by atoms with Crippen molar-refractivity contribution < 1.29 is 29.2 Å². The third-order valence-corrected chi connectivity index (χ3v) is 3.86. The first-order valence-corrected chi connectivity index (χ1v) is 8.10. The van der Waals surface area contributed by atoms with Crippen molar-refractivity contribution in [1.82, 2.24) is 5.32 Å². The summed E-state index contributed by atoms with van der Waals surface area (Å²) in [5, 5.41) is 22.5. The zero-order valence-electron chi connectivity index (χ0n) is 14.4. The van der Waals surface area contributed by atoms with Crippen molar-refractivity contribution in [1.29, 1.82) is 0 Å². The molecule has 1 aliphatic heterocycles. The Morgan fingerprint density at radius 1 is 1.40 bits per heavy atom. The van der Waals surface area contributed by atoms with E-state index in [0.717, 1.165) is 5.56 Å².